The lowest BCUT2D eigenvalue weighted by Gasteiger charge is -2.17. The molecule has 1 aromatic carbocycles. The van der Waals surface area contributed by atoms with Crippen LogP contribution >= 0.6 is 0 Å². The first kappa shape index (κ1) is 12.4. The van der Waals surface area contributed by atoms with E-state index in [1.165, 1.54) is 0 Å². The Hall–Kier alpha value is -1.71. The molecule has 0 aromatic heterocycles. The monoisotopic (exact) mass is 222 g/mol. The summed E-state index contributed by atoms with van der Waals surface area (Å²) in [6.07, 6.45) is -0.0523. The van der Waals surface area contributed by atoms with Crippen LogP contribution in [0.5, 0.6) is 5.75 Å². The number of rotatable bonds is 4. The molecule has 0 aliphatic rings. The number of nitrogens with two attached hydrogens (primary N) is 2. The molecule has 88 valence electrons. The molecule has 0 saturated heterocycles. The van der Waals surface area contributed by atoms with Gasteiger partial charge in [-0.05, 0) is 31.4 Å². The number of aryl methyl sites for hydroxylation is 2. The van der Waals surface area contributed by atoms with Crippen LogP contribution in [0.2, 0.25) is 0 Å². The van der Waals surface area contributed by atoms with Crippen LogP contribution in [-0.2, 0) is 4.79 Å². The summed E-state index contributed by atoms with van der Waals surface area (Å²) in [5.74, 6) is 0.162. The molecule has 1 aromatic rings. The molecule has 0 radical (unpaired) electrons. The van der Waals surface area contributed by atoms with E-state index in [1.54, 1.807) is 6.07 Å². The molecule has 16 heavy (non-hydrogen) atoms. The molecule has 4 nitrogen and oxygen atoms in total. The van der Waals surface area contributed by atoms with Gasteiger partial charge < -0.3 is 16.2 Å². The van der Waals surface area contributed by atoms with Gasteiger partial charge in [-0.1, -0.05) is 13.0 Å². The predicted molar refractivity (Wildman–Crippen MR) is 64.2 cm³/mol. The summed E-state index contributed by atoms with van der Waals surface area (Å²) >= 11 is 0. The van der Waals surface area contributed by atoms with Crippen molar-refractivity contribution in [2.75, 3.05) is 5.73 Å². The van der Waals surface area contributed by atoms with Gasteiger partial charge in [0.25, 0.3) is 5.91 Å². The van der Waals surface area contributed by atoms with Gasteiger partial charge in [-0.25, -0.2) is 0 Å². The normalized spacial score (nSPS) is 12.2. The summed E-state index contributed by atoms with van der Waals surface area (Å²) in [6.45, 7) is 5.69. The Morgan fingerprint density at radius 3 is 2.50 bits per heavy atom. The van der Waals surface area contributed by atoms with Crippen LogP contribution < -0.4 is 16.2 Å². The molecule has 0 aliphatic heterocycles. The second-order valence-corrected chi connectivity index (χ2v) is 3.89. The van der Waals surface area contributed by atoms with Gasteiger partial charge in [0.15, 0.2) is 6.10 Å². The van der Waals surface area contributed by atoms with E-state index < -0.39 is 12.0 Å². The second kappa shape index (κ2) is 4.88. The fourth-order valence-electron chi connectivity index (χ4n) is 1.47. The maximum absolute atomic E-state index is 11.1. The van der Waals surface area contributed by atoms with Crippen molar-refractivity contribution >= 4 is 11.6 Å². The zero-order valence-electron chi connectivity index (χ0n) is 9.91. The van der Waals surface area contributed by atoms with Gasteiger partial charge in [-0.15, -0.1) is 0 Å². The van der Waals surface area contributed by atoms with Crippen molar-refractivity contribution in [1.29, 1.82) is 0 Å². The van der Waals surface area contributed by atoms with E-state index >= 15 is 0 Å². The fourth-order valence-corrected chi connectivity index (χ4v) is 1.47. The van der Waals surface area contributed by atoms with Crippen LogP contribution in [0.25, 0.3) is 0 Å². The molecule has 1 unspecified atom stereocenters. The van der Waals surface area contributed by atoms with Crippen molar-refractivity contribution in [3.05, 3.63) is 23.3 Å². The number of carbonyl (C=O) groups is 1. The first-order valence-corrected chi connectivity index (χ1v) is 5.28. The predicted octanol–water partition coefficient (Wildman–Crippen LogP) is 1.53. The smallest absolute Gasteiger partial charge is 0.258 e. The number of primary amides is 1. The third-order valence-electron chi connectivity index (χ3n) is 2.52. The lowest BCUT2D eigenvalue weighted by atomic mass is 10.1. The summed E-state index contributed by atoms with van der Waals surface area (Å²) in [7, 11) is 0. The van der Waals surface area contributed by atoms with Crippen molar-refractivity contribution < 1.29 is 9.53 Å². The molecule has 1 rings (SSSR count). The van der Waals surface area contributed by atoms with E-state index in [0.717, 1.165) is 11.1 Å². The van der Waals surface area contributed by atoms with E-state index in [1.807, 2.05) is 26.8 Å². The first-order chi connectivity index (χ1) is 7.45. The molecule has 0 spiro atoms. The summed E-state index contributed by atoms with van der Waals surface area (Å²) < 4.78 is 5.54. The van der Waals surface area contributed by atoms with Crippen LogP contribution in [0.4, 0.5) is 5.69 Å². The Kier molecular flexibility index (Phi) is 3.77. The molecule has 1 atom stereocenters. The van der Waals surface area contributed by atoms with E-state index in [-0.39, 0.29) is 0 Å². The highest BCUT2D eigenvalue weighted by molar-refractivity contribution is 5.79. The quantitative estimate of drug-likeness (QED) is 0.758. The van der Waals surface area contributed by atoms with Crippen molar-refractivity contribution in [1.82, 2.24) is 0 Å². The molecular formula is C12H18N2O2. The highest BCUT2D eigenvalue weighted by Crippen LogP contribution is 2.25. The Morgan fingerprint density at radius 1 is 1.38 bits per heavy atom. The average Bonchev–Trinajstić information content (AvgIpc) is 2.21. The number of ether oxygens (including phenoxy) is 1. The molecule has 1 amide bonds. The van der Waals surface area contributed by atoms with E-state index in [9.17, 15) is 4.79 Å². The number of hydrogen-bond acceptors (Lipinski definition) is 3. The van der Waals surface area contributed by atoms with Crippen LogP contribution in [0.3, 0.4) is 0 Å². The summed E-state index contributed by atoms with van der Waals surface area (Å²) in [6, 6.07) is 3.66. The molecule has 0 heterocycles. The lowest BCUT2D eigenvalue weighted by Crippen LogP contribution is -2.33. The van der Waals surface area contributed by atoms with Crippen molar-refractivity contribution in [2.45, 2.75) is 33.3 Å². The summed E-state index contributed by atoms with van der Waals surface area (Å²) in [4.78, 5) is 11.1. The van der Waals surface area contributed by atoms with Gasteiger partial charge in [0.2, 0.25) is 0 Å². The van der Waals surface area contributed by atoms with Crippen molar-refractivity contribution in [3.63, 3.8) is 0 Å². The minimum absolute atomic E-state index is 0.457. The minimum Gasteiger partial charge on any atom is -0.480 e. The summed E-state index contributed by atoms with van der Waals surface area (Å²) in [5.41, 5.74) is 13.6. The van der Waals surface area contributed by atoms with Crippen LogP contribution in [0.1, 0.15) is 24.5 Å². The second-order valence-electron chi connectivity index (χ2n) is 3.89. The summed E-state index contributed by atoms with van der Waals surface area (Å²) in [5, 5.41) is 0. The topological polar surface area (TPSA) is 78.3 Å². The van der Waals surface area contributed by atoms with Gasteiger partial charge >= 0.3 is 0 Å². The standard InChI is InChI=1S/C12H18N2O2/c1-4-10(12(14)15)16-11-6-9(13)7(2)5-8(11)3/h5-6,10H,4,13H2,1-3H3,(H2,14,15). The molecule has 4 heteroatoms. The van der Waals surface area contributed by atoms with Gasteiger partial charge in [-0.3, -0.25) is 4.79 Å². The molecule has 0 bridgehead atoms. The average molecular weight is 222 g/mol. The van der Waals surface area contributed by atoms with Crippen LogP contribution in [0.15, 0.2) is 12.1 Å². The third kappa shape index (κ3) is 2.66. The van der Waals surface area contributed by atoms with Gasteiger partial charge in [0.1, 0.15) is 5.75 Å². The lowest BCUT2D eigenvalue weighted by molar-refractivity contribution is -0.124. The number of carbonyl (C=O) groups excluding carboxylic acids is 1. The van der Waals surface area contributed by atoms with E-state index in [4.69, 9.17) is 16.2 Å². The Bertz CT molecular complexity index is 402. The van der Waals surface area contributed by atoms with Gasteiger partial charge in [0, 0.05) is 11.8 Å². The molecule has 0 fully saturated rings. The molecule has 4 N–H and O–H groups in total. The zero-order valence-corrected chi connectivity index (χ0v) is 9.91. The first-order valence-electron chi connectivity index (χ1n) is 5.28. The van der Waals surface area contributed by atoms with Gasteiger partial charge in [0.05, 0.1) is 0 Å². The Labute approximate surface area is 95.6 Å². The van der Waals surface area contributed by atoms with Crippen LogP contribution in [-0.4, -0.2) is 12.0 Å². The molecule has 0 saturated carbocycles. The number of anilines is 1. The van der Waals surface area contributed by atoms with Crippen molar-refractivity contribution in [3.8, 4) is 5.75 Å². The highest BCUT2D eigenvalue weighted by Gasteiger charge is 2.16. The maximum atomic E-state index is 11.1. The largest absolute Gasteiger partial charge is 0.480 e. The maximum Gasteiger partial charge on any atom is 0.258 e. The van der Waals surface area contributed by atoms with E-state index in [2.05, 4.69) is 0 Å². The van der Waals surface area contributed by atoms with Gasteiger partial charge in [-0.2, -0.15) is 0 Å². The minimum atomic E-state index is -0.596. The van der Waals surface area contributed by atoms with Crippen LogP contribution in [0, 0.1) is 13.8 Å². The Balaban J connectivity index is 2.96. The van der Waals surface area contributed by atoms with E-state index in [0.29, 0.717) is 17.9 Å². The number of benzene rings is 1. The highest BCUT2D eigenvalue weighted by atomic mass is 16.5. The SMILES string of the molecule is CCC(Oc1cc(N)c(C)cc1C)C(N)=O. The molecule has 0 aliphatic carbocycles. The molecular weight excluding hydrogens is 204 g/mol. The third-order valence-corrected chi connectivity index (χ3v) is 2.52. The Morgan fingerprint density at radius 2 is 2.00 bits per heavy atom. The zero-order chi connectivity index (χ0) is 12.3. The van der Waals surface area contributed by atoms with Crippen molar-refractivity contribution in [2.24, 2.45) is 5.73 Å². The fraction of sp³-hybridized carbons (Fsp3) is 0.417. The number of hydrogen-bond donors (Lipinski definition) is 2. The number of amides is 1. The number of nitrogen functional groups attached to an aromatic ring is 1.